The van der Waals surface area contributed by atoms with E-state index in [1.165, 1.54) is 0 Å². The minimum Gasteiger partial charge on any atom is -0.381 e. The van der Waals surface area contributed by atoms with Crippen molar-refractivity contribution < 1.29 is 9.53 Å². The summed E-state index contributed by atoms with van der Waals surface area (Å²) >= 11 is 0. The van der Waals surface area contributed by atoms with E-state index < -0.39 is 0 Å². The summed E-state index contributed by atoms with van der Waals surface area (Å²) in [7, 11) is 0. The van der Waals surface area contributed by atoms with Crippen LogP contribution in [0.3, 0.4) is 0 Å². The van der Waals surface area contributed by atoms with E-state index in [0.717, 1.165) is 56.1 Å². The number of hydrogen-bond donors (Lipinski definition) is 1. The molecule has 1 aliphatic heterocycles. The largest absolute Gasteiger partial charge is 0.381 e. The van der Waals surface area contributed by atoms with E-state index in [1.54, 1.807) is 4.68 Å². The molecule has 0 radical (unpaired) electrons. The van der Waals surface area contributed by atoms with Crippen LogP contribution in [0.5, 0.6) is 0 Å². The van der Waals surface area contributed by atoms with Gasteiger partial charge >= 0.3 is 6.03 Å². The van der Waals surface area contributed by atoms with E-state index in [4.69, 9.17) is 4.74 Å². The SMILES string of the molecule is Cc1nn(-c2ccccc2)cc1NC(=O)N(C[C@H]1CCOC1)C1CC1. The maximum Gasteiger partial charge on any atom is 0.322 e. The summed E-state index contributed by atoms with van der Waals surface area (Å²) in [6.45, 7) is 4.28. The van der Waals surface area contributed by atoms with Crippen LogP contribution in [0.25, 0.3) is 5.69 Å². The number of nitrogens with one attached hydrogen (secondary N) is 1. The number of carbonyl (C=O) groups excluding carboxylic acids is 1. The molecule has 2 amide bonds. The second kappa shape index (κ2) is 6.88. The van der Waals surface area contributed by atoms with Crippen LogP contribution < -0.4 is 5.32 Å². The Balaban J connectivity index is 1.46. The summed E-state index contributed by atoms with van der Waals surface area (Å²) in [6, 6.07) is 10.3. The van der Waals surface area contributed by atoms with Gasteiger partial charge in [0, 0.05) is 25.1 Å². The number of para-hydroxylation sites is 1. The highest BCUT2D eigenvalue weighted by molar-refractivity contribution is 5.90. The Morgan fingerprint density at radius 3 is 2.80 bits per heavy atom. The molecule has 2 aliphatic rings. The molecule has 2 heterocycles. The second-order valence-electron chi connectivity index (χ2n) is 6.95. The summed E-state index contributed by atoms with van der Waals surface area (Å²) in [5, 5.41) is 7.58. The lowest BCUT2D eigenvalue weighted by atomic mass is 10.1. The monoisotopic (exact) mass is 340 g/mol. The highest BCUT2D eigenvalue weighted by Crippen LogP contribution is 2.30. The molecule has 1 saturated heterocycles. The first-order valence-corrected chi connectivity index (χ1v) is 8.98. The smallest absolute Gasteiger partial charge is 0.322 e. The molecule has 1 atom stereocenters. The molecule has 2 fully saturated rings. The van der Waals surface area contributed by atoms with Crippen LogP contribution in [-0.4, -0.2) is 46.5 Å². The average Bonchev–Trinajstić information content (AvgIpc) is 3.21. The van der Waals surface area contributed by atoms with Crippen LogP contribution in [0, 0.1) is 12.8 Å². The predicted molar refractivity (Wildman–Crippen MR) is 96.0 cm³/mol. The Kier molecular flexibility index (Phi) is 4.44. The number of nitrogens with zero attached hydrogens (tertiary/aromatic N) is 3. The minimum absolute atomic E-state index is 0.0230. The highest BCUT2D eigenvalue weighted by Gasteiger charge is 2.35. The van der Waals surface area contributed by atoms with Gasteiger partial charge in [0.25, 0.3) is 0 Å². The number of carbonyl (C=O) groups is 1. The van der Waals surface area contributed by atoms with Crippen LogP contribution >= 0.6 is 0 Å². The predicted octanol–water partition coefficient (Wildman–Crippen LogP) is 3.21. The fourth-order valence-corrected chi connectivity index (χ4v) is 3.27. The Morgan fingerprint density at radius 1 is 1.32 bits per heavy atom. The maximum atomic E-state index is 12.8. The van der Waals surface area contributed by atoms with Crippen molar-refractivity contribution in [3.8, 4) is 5.69 Å². The van der Waals surface area contributed by atoms with E-state index in [-0.39, 0.29) is 6.03 Å². The molecule has 132 valence electrons. The van der Waals surface area contributed by atoms with E-state index in [9.17, 15) is 4.79 Å². The zero-order valence-electron chi connectivity index (χ0n) is 14.5. The standard InChI is InChI=1S/C19H24N4O2/c1-14-18(12-23(21-14)17-5-3-2-4-6-17)20-19(24)22(16-7-8-16)11-15-9-10-25-13-15/h2-6,12,15-16H,7-11,13H2,1H3,(H,20,24)/t15-/m1/s1. The summed E-state index contributed by atoms with van der Waals surface area (Å²) in [5.74, 6) is 0.458. The number of hydrogen-bond acceptors (Lipinski definition) is 3. The van der Waals surface area contributed by atoms with Crippen molar-refractivity contribution in [2.45, 2.75) is 32.2 Å². The van der Waals surface area contributed by atoms with Crippen LogP contribution in [0.4, 0.5) is 10.5 Å². The van der Waals surface area contributed by atoms with Gasteiger partial charge in [-0.05, 0) is 38.3 Å². The third-order valence-electron chi connectivity index (χ3n) is 4.89. The van der Waals surface area contributed by atoms with Crippen LogP contribution in [0.1, 0.15) is 25.0 Å². The number of ether oxygens (including phenoxy) is 1. The van der Waals surface area contributed by atoms with Gasteiger partial charge in [0.05, 0.1) is 29.9 Å². The highest BCUT2D eigenvalue weighted by atomic mass is 16.5. The Morgan fingerprint density at radius 2 is 2.12 bits per heavy atom. The molecule has 1 N–H and O–H groups in total. The first kappa shape index (κ1) is 16.1. The van der Waals surface area contributed by atoms with Crippen molar-refractivity contribution in [2.75, 3.05) is 25.1 Å². The molecular formula is C19H24N4O2. The van der Waals surface area contributed by atoms with Crippen molar-refractivity contribution in [1.29, 1.82) is 0 Å². The van der Waals surface area contributed by atoms with Gasteiger partial charge < -0.3 is 15.0 Å². The van der Waals surface area contributed by atoms with E-state index in [2.05, 4.69) is 10.4 Å². The third kappa shape index (κ3) is 3.69. The van der Waals surface area contributed by atoms with Crippen LogP contribution in [-0.2, 0) is 4.74 Å². The van der Waals surface area contributed by atoms with Crippen molar-refractivity contribution >= 4 is 11.7 Å². The van der Waals surface area contributed by atoms with Crippen molar-refractivity contribution in [3.05, 3.63) is 42.2 Å². The van der Waals surface area contributed by atoms with Crippen molar-refractivity contribution in [3.63, 3.8) is 0 Å². The number of aromatic nitrogens is 2. The van der Waals surface area contributed by atoms with Gasteiger partial charge in [0.2, 0.25) is 0 Å². The molecule has 25 heavy (non-hydrogen) atoms. The average molecular weight is 340 g/mol. The van der Waals surface area contributed by atoms with Gasteiger partial charge in [-0.15, -0.1) is 0 Å². The van der Waals surface area contributed by atoms with E-state index in [1.807, 2.05) is 48.4 Å². The van der Waals surface area contributed by atoms with Gasteiger partial charge in [-0.25, -0.2) is 9.48 Å². The summed E-state index contributed by atoms with van der Waals surface area (Å²) in [4.78, 5) is 14.8. The first-order chi connectivity index (χ1) is 12.2. The van der Waals surface area contributed by atoms with Crippen LogP contribution in [0.2, 0.25) is 0 Å². The normalized spacial score (nSPS) is 19.8. The number of benzene rings is 1. The molecule has 6 heteroatoms. The Bertz CT molecular complexity index is 733. The molecule has 1 aliphatic carbocycles. The quantitative estimate of drug-likeness (QED) is 0.909. The third-order valence-corrected chi connectivity index (χ3v) is 4.89. The lowest BCUT2D eigenvalue weighted by Gasteiger charge is -2.25. The number of rotatable bonds is 5. The van der Waals surface area contributed by atoms with Crippen molar-refractivity contribution in [1.82, 2.24) is 14.7 Å². The number of anilines is 1. The molecular weight excluding hydrogens is 316 g/mol. The minimum atomic E-state index is -0.0230. The van der Waals surface area contributed by atoms with Gasteiger partial charge in [-0.2, -0.15) is 5.10 Å². The van der Waals surface area contributed by atoms with Crippen LogP contribution in [0.15, 0.2) is 36.5 Å². The Hall–Kier alpha value is -2.34. The number of urea groups is 1. The Labute approximate surface area is 147 Å². The molecule has 0 unspecified atom stereocenters. The number of aryl methyl sites for hydroxylation is 1. The first-order valence-electron chi connectivity index (χ1n) is 8.98. The zero-order chi connectivity index (χ0) is 17.2. The van der Waals surface area contributed by atoms with E-state index in [0.29, 0.717) is 12.0 Å². The van der Waals surface area contributed by atoms with Gasteiger partial charge in [0.1, 0.15) is 0 Å². The molecule has 0 bridgehead atoms. The van der Waals surface area contributed by atoms with Gasteiger partial charge in [0.15, 0.2) is 0 Å². The summed E-state index contributed by atoms with van der Waals surface area (Å²) < 4.78 is 7.26. The maximum absolute atomic E-state index is 12.8. The molecule has 1 saturated carbocycles. The number of amides is 2. The summed E-state index contributed by atoms with van der Waals surface area (Å²) in [6.07, 6.45) is 5.13. The van der Waals surface area contributed by atoms with Gasteiger partial charge in [-0.1, -0.05) is 18.2 Å². The molecule has 1 aromatic carbocycles. The van der Waals surface area contributed by atoms with E-state index >= 15 is 0 Å². The van der Waals surface area contributed by atoms with Gasteiger partial charge in [-0.3, -0.25) is 0 Å². The molecule has 0 spiro atoms. The fourth-order valence-electron chi connectivity index (χ4n) is 3.27. The molecule has 2 aromatic rings. The topological polar surface area (TPSA) is 59.4 Å². The lowest BCUT2D eigenvalue weighted by Crippen LogP contribution is -2.40. The molecule has 6 nitrogen and oxygen atoms in total. The summed E-state index contributed by atoms with van der Waals surface area (Å²) in [5.41, 5.74) is 2.56. The lowest BCUT2D eigenvalue weighted by molar-refractivity contribution is 0.167. The molecule has 4 rings (SSSR count). The van der Waals surface area contributed by atoms with Crippen molar-refractivity contribution in [2.24, 2.45) is 5.92 Å². The zero-order valence-corrected chi connectivity index (χ0v) is 14.5. The molecule has 1 aromatic heterocycles. The fraction of sp³-hybridized carbons (Fsp3) is 0.474. The second-order valence-corrected chi connectivity index (χ2v) is 6.95.